The van der Waals surface area contributed by atoms with E-state index in [0.717, 1.165) is 35.1 Å². The Morgan fingerprint density at radius 1 is 1.00 bits per heavy atom. The molecule has 0 spiro atoms. The summed E-state index contributed by atoms with van der Waals surface area (Å²) in [6.45, 7) is 4.97. The highest BCUT2D eigenvalue weighted by Gasteiger charge is 2.03. The first kappa shape index (κ1) is 15.9. The third-order valence-corrected chi connectivity index (χ3v) is 4.69. The third-order valence-electron chi connectivity index (χ3n) is 3.70. The van der Waals surface area contributed by atoms with Crippen LogP contribution in [0.4, 0.5) is 0 Å². The molecule has 1 aromatic heterocycles. The summed E-state index contributed by atoms with van der Waals surface area (Å²) in [5, 5.41) is 2.33. The van der Waals surface area contributed by atoms with Gasteiger partial charge in [0.2, 0.25) is 0 Å². The maximum atomic E-state index is 5.78. The van der Waals surface area contributed by atoms with Gasteiger partial charge in [-0.1, -0.05) is 30.3 Å². The van der Waals surface area contributed by atoms with Gasteiger partial charge in [0.1, 0.15) is 5.75 Å². The molecule has 0 amide bonds. The number of para-hydroxylation sites is 1. The number of pyridine rings is 1. The Bertz CT molecular complexity index is 801. The summed E-state index contributed by atoms with van der Waals surface area (Å²) in [6.07, 6.45) is 1.01. The van der Waals surface area contributed by atoms with E-state index in [1.807, 2.05) is 18.2 Å². The molecule has 0 unspecified atom stereocenters. The molecule has 2 nitrogen and oxygen atoms in total. The minimum atomic E-state index is 0.739. The first-order chi connectivity index (χ1) is 11.2. The van der Waals surface area contributed by atoms with E-state index in [1.165, 1.54) is 16.5 Å². The van der Waals surface area contributed by atoms with Crippen LogP contribution in [0.15, 0.2) is 59.6 Å². The van der Waals surface area contributed by atoms with Crippen molar-refractivity contribution in [3.05, 3.63) is 65.7 Å². The molecule has 0 saturated carbocycles. The van der Waals surface area contributed by atoms with Gasteiger partial charge >= 0.3 is 0 Å². The molecule has 1 heterocycles. The van der Waals surface area contributed by atoms with Gasteiger partial charge in [0, 0.05) is 11.1 Å². The minimum Gasteiger partial charge on any atom is -0.494 e. The lowest BCUT2D eigenvalue weighted by Gasteiger charge is -2.08. The first-order valence-corrected chi connectivity index (χ1v) is 8.89. The second-order valence-electron chi connectivity index (χ2n) is 5.66. The van der Waals surface area contributed by atoms with E-state index < -0.39 is 0 Å². The zero-order valence-corrected chi connectivity index (χ0v) is 14.4. The van der Waals surface area contributed by atoms with Gasteiger partial charge in [0.05, 0.1) is 17.1 Å². The Hall–Kier alpha value is -2.00. The van der Waals surface area contributed by atoms with E-state index in [0.29, 0.717) is 0 Å². The van der Waals surface area contributed by atoms with Crippen molar-refractivity contribution in [2.24, 2.45) is 0 Å². The average Bonchev–Trinajstić information content (AvgIpc) is 2.55. The Morgan fingerprint density at radius 2 is 1.87 bits per heavy atom. The molecule has 3 aromatic rings. The van der Waals surface area contributed by atoms with Gasteiger partial charge < -0.3 is 4.74 Å². The molecule has 118 valence electrons. The number of ether oxygens (including phenoxy) is 1. The van der Waals surface area contributed by atoms with E-state index in [1.54, 1.807) is 11.8 Å². The van der Waals surface area contributed by atoms with Crippen LogP contribution in [0.1, 0.15) is 17.5 Å². The predicted octanol–water partition coefficient (Wildman–Crippen LogP) is 5.41. The molecule has 0 fully saturated rings. The number of rotatable bonds is 6. The number of aromatic nitrogens is 1. The van der Waals surface area contributed by atoms with Crippen LogP contribution in [-0.2, 0) is 0 Å². The van der Waals surface area contributed by atoms with Crippen molar-refractivity contribution >= 4 is 22.7 Å². The van der Waals surface area contributed by atoms with Crippen molar-refractivity contribution in [1.29, 1.82) is 0 Å². The highest BCUT2D eigenvalue weighted by atomic mass is 32.2. The third kappa shape index (κ3) is 4.26. The van der Waals surface area contributed by atoms with Crippen LogP contribution < -0.4 is 4.74 Å². The lowest BCUT2D eigenvalue weighted by atomic mass is 10.1. The molecule has 0 aliphatic heterocycles. The summed E-state index contributed by atoms with van der Waals surface area (Å²) in [7, 11) is 0. The zero-order valence-electron chi connectivity index (χ0n) is 13.6. The van der Waals surface area contributed by atoms with Crippen LogP contribution in [-0.4, -0.2) is 17.3 Å². The van der Waals surface area contributed by atoms with Crippen LogP contribution >= 0.6 is 11.8 Å². The standard InChI is InChI=1S/C20H21NOS/c1-15-7-5-8-17(13-15)22-11-6-12-23-20-14-16(2)18-9-3-4-10-19(18)21-20/h3-5,7-10,13-14H,6,11-12H2,1-2H3. The maximum absolute atomic E-state index is 5.78. The first-order valence-electron chi connectivity index (χ1n) is 7.91. The van der Waals surface area contributed by atoms with E-state index in [4.69, 9.17) is 9.72 Å². The van der Waals surface area contributed by atoms with E-state index in [-0.39, 0.29) is 0 Å². The fourth-order valence-corrected chi connectivity index (χ4v) is 3.42. The fourth-order valence-electron chi connectivity index (χ4n) is 2.52. The van der Waals surface area contributed by atoms with Crippen LogP contribution in [0.2, 0.25) is 0 Å². The van der Waals surface area contributed by atoms with Crippen molar-refractivity contribution in [3.8, 4) is 5.75 Å². The highest BCUT2D eigenvalue weighted by Crippen LogP contribution is 2.24. The maximum Gasteiger partial charge on any atom is 0.119 e. The smallest absolute Gasteiger partial charge is 0.119 e. The van der Waals surface area contributed by atoms with Gasteiger partial charge in [-0.25, -0.2) is 4.98 Å². The fraction of sp³-hybridized carbons (Fsp3) is 0.250. The van der Waals surface area contributed by atoms with Crippen LogP contribution in [0.3, 0.4) is 0 Å². The number of thioether (sulfide) groups is 1. The quantitative estimate of drug-likeness (QED) is 0.447. The Labute approximate surface area is 141 Å². The van der Waals surface area contributed by atoms with Gasteiger partial charge in [0.15, 0.2) is 0 Å². The normalized spacial score (nSPS) is 10.9. The molecule has 23 heavy (non-hydrogen) atoms. The Morgan fingerprint density at radius 3 is 2.74 bits per heavy atom. The number of nitrogens with zero attached hydrogens (tertiary/aromatic N) is 1. The molecule has 0 N–H and O–H groups in total. The number of aryl methyl sites for hydroxylation is 2. The predicted molar refractivity (Wildman–Crippen MR) is 98.5 cm³/mol. The number of fused-ring (bicyclic) bond motifs is 1. The molecule has 3 rings (SSSR count). The zero-order chi connectivity index (χ0) is 16.1. The molecule has 2 aromatic carbocycles. The van der Waals surface area contributed by atoms with Crippen molar-refractivity contribution < 1.29 is 4.74 Å². The van der Waals surface area contributed by atoms with Gasteiger partial charge in [-0.15, -0.1) is 11.8 Å². The molecule has 3 heteroatoms. The van der Waals surface area contributed by atoms with E-state index in [9.17, 15) is 0 Å². The minimum absolute atomic E-state index is 0.739. The van der Waals surface area contributed by atoms with Crippen molar-refractivity contribution in [2.45, 2.75) is 25.3 Å². The average molecular weight is 323 g/mol. The molecule has 0 radical (unpaired) electrons. The summed E-state index contributed by atoms with van der Waals surface area (Å²) in [4.78, 5) is 4.73. The van der Waals surface area contributed by atoms with Gasteiger partial charge in [0.25, 0.3) is 0 Å². The summed E-state index contributed by atoms with van der Waals surface area (Å²) < 4.78 is 5.78. The molecular weight excluding hydrogens is 302 g/mol. The number of hydrogen-bond donors (Lipinski definition) is 0. The van der Waals surface area contributed by atoms with Gasteiger partial charge in [-0.3, -0.25) is 0 Å². The molecule has 0 aliphatic rings. The monoisotopic (exact) mass is 323 g/mol. The number of benzene rings is 2. The SMILES string of the molecule is Cc1cccc(OCCCSc2cc(C)c3ccccc3n2)c1. The largest absolute Gasteiger partial charge is 0.494 e. The van der Waals surface area contributed by atoms with E-state index >= 15 is 0 Å². The topological polar surface area (TPSA) is 22.1 Å². The molecule has 0 atom stereocenters. The van der Waals surface area contributed by atoms with Crippen molar-refractivity contribution in [1.82, 2.24) is 4.98 Å². The summed E-state index contributed by atoms with van der Waals surface area (Å²) in [5.74, 6) is 1.96. The Balaban J connectivity index is 1.51. The highest BCUT2D eigenvalue weighted by molar-refractivity contribution is 7.99. The molecule has 0 saturated heterocycles. The Kier molecular flexibility index (Phi) is 5.19. The van der Waals surface area contributed by atoms with E-state index in [2.05, 4.69) is 50.2 Å². The second-order valence-corrected chi connectivity index (χ2v) is 6.78. The lowest BCUT2D eigenvalue weighted by Crippen LogP contribution is -1.99. The summed E-state index contributed by atoms with van der Waals surface area (Å²) in [6, 6.07) is 18.7. The number of hydrogen-bond acceptors (Lipinski definition) is 3. The van der Waals surface area contributed by atoms with Crippen LogP contribution in [0.5, 0.6) is 5.75 Å². The molecular formula is C20H21NOS. The van der Waals surface area contributed by atoms with Crippen LogP contribution in [0, 0.1) is 13.8 Å². The summed E-state index contributed by atoms with van der Waals surface area (Å²) >= 11 is 1.80. The molecule has 0 aliphatic carbocycles. The van der Waals surface area contributed by atoms with Crippen molar-refractivity contribution in [3.63, 3.8) is 0 Å². The van der Waals surface area contributed by atoms with Crippen LogP contribution in [0.25, 0.3) is 10.9 Å². The summed E-state index contributed by atoms with van der Waals surface area (Å²) in [5.41, 5.74) is 3.59. The van der Waals surface area contributed by atoms with Gasteiger partial charge in [-0.05, 0) is 55.7 Å². The second kappa shape index (κ2) is 7.51. The lowest BCUT2D eigenvalue weighted by molar-refractivity contribution is 0.318. The molecule has 0 bridgehead atoms. The van der Waals surface area contributed by atoms with Crippen molar-refractivity contribution in [2.75, 3.05) is 12.4 Å². The van der Waals surface area contributed by atoms with Gasteiger partial charge in [-0.2, -0.15) is 0 Å².